The molecule has 0 spiro atoms. The van der Waals surface area contributed by atoms with Crippen molar-refractivity contribution in [2.24, 2.45) is 17.6 Å². The van der Waals surface area contributed by atoms with Gasteiger partial charge in [0.25, 0.3) is 0 Å². The second kappa shape index (κ2) is 6.11. The van der Waals surface area contributed by atoms with Crippen LogP contribution in [-0.2, 0) is 4.79 Å². The van der Waals surface area contributed by atoms with Gasteiger partial charge in [-0.25, -0.2) is 0 Å². The Kier molecular flexibility index (Phi) is 5.09. The predicted molar refractivity (Wildman–Crippen MR) is 62.4 cm³/mol. The van der Waals surface area contributed by atoms with Crippen molar-refractivity contribution in [1.29, 1.82) is 0 Å². The molecule has 0 radical (unpaired) electrons. The van der Waals surface area contributed by atoms with Crippen LogP contribution in [0.4, 0.5) is 0 Å². The van der Waals surface area contributed by atoms with Crippen molar-refractivity contribution in [2.75, 3.05) is 19.6 Å². The number of amides is 1. The maximum Gasteiger partial charge on any atom is 0.226 e. The third-order valence-corrected chi connectivity index (χ3v) is 3.24. The average Bonchev–Trinajstić information content (AvgIpc) is 2.25. The molecule has 2 unspecified atom stereocenters. The molecule has 1 rings (SSSR count). The van der Waals surface area contributed by atoms with Gasteiger partial charge < -0.3 is 10.6 Å². The van der Waals surface area contributed by atoms with Gasteiger partial charge in [0.15, 0.2) is 0 Å². The molecule has 15 heavy (non-hydrogen) atoms. The zero-order valence-electron chi connectivity index (χ0n) is 10.0. The fourth-order valence-electron chi connectivity index (χ4n) is 2.34. The van der Waals surface area contributed by atoms with E-state index >= 15 is 0 Å². The Morgan fingerprint density at radius 3 is 2.87 bits per heavy atom. The lowest BCUT2D eigenvalue weighted by Crippen LogP contribution is -2.44. The van der Waals surface area contributed by atoms with E-state index < -0.39 is 0 Å². The molecule has 0 saturated carbocycles. The normalized spacial score (nSPS) is 23.9. The molecule has 3 heteroatoms. The van der Waals surface area contributed by atoms with Crippen molar-refractivity contribution in [2.45, 2.75) is 39.5 Å². The van der Waals surface area contributed by atoms with E-state index in [9.17, 15) is 4.79 Å². The Hall–Kier alpha value is -0.570. The molecule has 1 heterocycles. The summed E-state index contributed by atoms with van der Waals surface area (Å²) in [6.07, 6.45) is 4.37. The van der Waals surface area contributed by atoms with E-state index in [2.05, 4.69) is 13.8 Å². The van der Waals surface area contributed by atoms with Crippen LogP contribution in [0.25, 0.3) is 0 Å². The zero-order valence-corrected chi connectivity index (χ0v) is 10.0. The van der Waals surface area contributed by atoms with Crippen molar-refractivity contribution >= 4 is 5.91 Å². The highest BCUT2D eigenvalue weighted by Gasteiger charge is 2.25. The first-order chi connectivity index (χ1) is 7.19. The van der Waals surface area contributed by atoms with Gasteiger partial charge >= 0.3 is 0 Å². The van der Waals surface area contributed by atoms with E-state index in [4.69, 9.17) is 5.73 Å². The topological polar surface area (TPSA) is 46.3 Å². The number of piperidine rings is 1. The van der Waals surface area contributed by atoms with Gasteiger partial charge in [-0.05, 0) is 25.2 Å². The Morgan fingerprint density at radius 2 is 2.33 bits per heavy atom. The number of carbonyl (C=O) groups excluding carboxylic acids is 1. The number of likely N-dealkylation sites (tertiary alicyclic amines) is 1. The van der Waals surface area contributed by atoms with Crippen LogP contribution < -0.4 is 5.73 Å². The Labute approximate surface area is 93.0 Å². The van der Waals surface area contributed by atoms with Crippen LogP contribution in [0.3, 0.4) is 0 Å². The third-order valence-electron chi connectivity index (χ3n) is 3.24. The van der Waals surface area contributed by atoms with Crippen LogP contribution in [0, 0.1) is 11.8 Å². The minimum atomic E-state index is 0.0558. The smallest absolute Gasteiger partial charge is 0.226 e. The van der Waals surface area contributed by atoms with Gasteiger partial charge in [-0.2, -0.15) is 0 Å². The lowest BCUT2D eigenvalue weighted by Gasteiger charge is -2.33. The summed E-state index contributed by atoms with van der Waals surface area (Å²) < 4.78 is 0. The monoisotopic (exact) mass is 212 g/mol. The molecule has 88 valence electrons. The first-order valence-corrected chi connectivity index (χ1v) is 6.17. The molecule has 0 aromatic heterocycles. The molecule has 1 aliphatic rings. The van der Waals surface area contributed by atoms with Gasteiger partial charge in [0.05, 0.1) is 5.92 Å². The molecule has 0 aromatic carbocycles. The van der Waals surface area contributed by atoms with Gasteiger partial charge in [0.1, 0.15) is 0 Å². The highest BCUT2D eigenvalue weighted by molar-refractivity contribution is 5.79. The van der Waals surface area contributed by atoms with E-state index in [0.717, 1.165) is 32.4 Å². The molecule has 2 N–H and O–H groups in total. The summed E-state index contributed by atoms with van der Waals surface area (Å²) in [5.74, 6) is 0.994. The van der Waals surface area contributed by atoms with Crippen LogP contribution in [0.2, 0.25) is 0 Å². The van der Waals surface area contributed by atoms with Crippen LogP contribution >= 0.6 is 0 Å². The van der Waals surface area contributed by atoms with Crippen LogP contribution in [0.1, 0.15) is 39.5 Å². The van der Waals surface area contributed by atoms with Crippen molar-refractivity contribution in [3.63, 3.8) is 0 Å². The maximum absolute atomic E-state index is 12.1. The summed E-state index contributed by atoms with van der Waals surface area (Å²) in [6.45, 7) is 6.69. The van der Waals surface area contributed by atoms with Crippen molar-refractivity contribution in [1.82, 2.24) is 4.90 Å². The summed E-state index contributed by atoms with van der Waals surface area (Å²) in [4.78, 5) is 14.1. The molecule has 2 atom stereocenters. The van der Waals surface area contributed by atoms with Crippen molar-refractivity contribution in [3.8, 4) is 0 Å². The lowest BCUT2D eigenvalue weighted by atomic mass is 9.96. The molecule has 3 nitrogen and oxygen atoms in total. The lowest BCUT2D eigenvalue weighted by molar-refractivity contribution is -0.137. The second-order valence-corrected chi connectivity index (χ2v) is 4.75. The molecule has 1 saturated heterocycles. The quantitative estimate of drug-likeness (QED) is 0.769. The highest BCUT2D eigenvalue weighted by Crippen LogP contribution is 2.18. The number of nitrogens with zero attached hydrogens (tertiary/aromatic N) is 1. The van der Waals surface area contributed by atoms with Gasteiger partial charge in [0, 0.05) is 19.6 Å². The molecule has 1 amide bonds. The van der Waals surface area contributed by atoms with Gasteiger partial charge in [0.2, 0.25) is 5.91 Å². The van der Waals surface area contributed by atoms with Crippen LogP contribution in [0.5, 0.6) is 0 Å². The highest BCUT2D eigenvalue weighted by atomic mass is 16.2. The van der Waals surface area contributed by atoms with Crippen LogP contribution in [0.15, 0.2) is 0 Å². The first kappa shape index (κ1) is 12.5. The Balaban J connectivity index is 2.49. The molecular weight excluding hydrogens is 188 g/mol. The first-order valence-electron chi connectivity index (χ1n) is 6.17. The fraction of sp³-hybridized carbons (Fsp3) is 0.917. The van der Waals surface area contributed by atoms with Crippen LogP contribution in [-0.4, -0.2) is 30.4 Å². The second-order valence-electron chi connectivity index (χ2n) is 4.75. The number of hydrogen-bond donors (Lipinski definition) is 1. The summed E-state index contributed by atoms with van der Waals surface area (Å²) in [7, 11) is 0. The SMILES string of the molecule is CCCC(CN)C(=O)N1CCCC(C)C1. The van der Waals surface area contributed by atoms with E-state index in [1.54, 1.807) is 0 Å². The third kappa shape index (κ3) is 3.49. The maximum atomic E-state index is 12.1. The molecule has 0 bridgehead atoms. The largest absolute Gasteiger partial charge is 0.342 e. The summed E-state index contributed by atoms with van der Waals surface area (Å²) in [6, 6.07) is 0. The summed E-state index contributed by atoms with van der Waals surface area (Å²) in [5.41, 5.74) is 5.65. The van der Waals surface area contributed by atoms with Crippen molar-refractivity contribution < 1.29 is 4.79 Å². The summed E-state index contributed by atoms with van der Waals surface area (Å²) >= 11 is 0. The molecule has 1 fully saturated rings. The zero-order chi connectivity index (χ0) is 11.3. The van der Waals surface area contributed by atoms with E-state index in [-0.39, 0.29) is 11.8 Å². The summed E-state index contributed by atoms with van der Waals surface area (Å²) in [5, 5.41) is 0. The van der Waals surface area contributed by atoms with Gasteiger partial charge in [-0.1, -0.05) is 20.3 Å². The van der Waals surface area contributed by atoms with Crippen molar-refractivity contribution in [3.05, 3.63) is 0 Å². The Bertz CT molecular complexity index is 206. The average molecular weight is 212 g/mol. The Morgan fingerprint density at radius 1 is 1.60 bits per heavy atom. The van der Waals surface area contributed by atoms with E-state index in [1.165, 1.54) is 6.42 Å². The number of carbonyl (C=O) groups is 1. The number of rotatable bonds is 4. The molecule has 0 aromatic rings. The minimum absolute atomic E-state index is 0.0558. The number of hydrogen-bond acceptors (Lipinski definition) is 2. The molecule has 0 aliphatic carbocycles. The van der Waals surface area contributed by atoms with E-state index in [1.807, 2.05) is 4.90 Å². The molecular formula is C12H24N2O. The minimum Gasteiger partial charge on any atom is -0.342 e. The van der Waals surface area contributed by atoms with Gasteiger partial charge in [-0.15, -0.1) is 0 Å². The standard InChI is InChI=1S/C12H24N2O/c1-3-5-11(8-13)12(15)14-7-4-6-10(2)9-14/h10-11H,3-9,13H2,1-2H3. The predicted octanol–water partition coefficient (Wildman–Crippen LogP) is 1.62. The fourth-order valence-corrected chi connectivity index (χ4v) is 2.34. The number of nitrogens with two attached hydrogens (primary N) is 1. The molecule has 1 aliphatic heterocycles. The van der Waals surface area contributed by atoms with E-state index in [0.29, 0.717) is 12.5 Å². The van der Waals surface area contributed by atoms with Gasteiger partial charge in [-0.3, -0.25) is 4.79 Å².